The van der Waals surface area contributed by atoms with E-state index in [1.165, 1.54) is 12.8 Å². The van der Waals surface area contributed by atoms with Crippen molar-refractivity contribution in [2.24, 2.45) is 11.7 Å². The third kappa shape index (κ3) is 5.67. The third-order valence-electron chi connectivity index (χ3n) is 2.33. The van der Waals surface area contributed by atoms with Crippen molar-refractivity contribution in [3.63, 3.8) is 0 Å². The summed E-state index contributed by atoms with van der Waals surface area (Å²) in [6.07, 6.45) is 2.11. The van der Waals surface area contributed by atoms with E-state index in [9.17, 15) is 9.59 Å². The highest BCUT2D eigenvalue weighted by molar-refractivity contribution is 5.85. The van der Waals surface area contributed by atoms with Crippen LogP contribution in [0.3, 0.4) is 0 Å². The van der Waals surface area contributed by atoms with E-state index >= 15 is 0 Å². The lowest BCUT2D eigenvalue weighted by Gasteiger charge is -2.10. The van der Waals surface area contributed by atoms with Crippen LogP contribution < -0.4 is 11.1 Å². The smallest absolute Gasteiger partial charge is 0.305 e. The number of carbonyl (C=O) groups excluding carboxylic acids is 1. The molecule has 0 saturated heterocycles. The molecule has 0 aliphatic heterocycles. The Morgan fingerprint density at radius 3 is 2.75 bits per heavy atom. The van der Waals surface area contributed by atoms with Gasteiger partial charge in [-0.25, -0.2) is 0 Å². The van der Waals surface area contributed by atoms with Gasteiger partial charge in [-0.3, -0.25) is 9.59 Å². The largest absolute Gasteiger partial charge is 0.481 e. The average molecular weight is 230 g/mol. The van der Waals surface area contributed by atoms with Crippen LogP contribution in [0.4, 0.5) is 0 Å². The number of carboxylic acids is 1. The molecule has 1 aliphatic carbocycles. The van der Waals surface area contributed by atoms with E-state index in [-0.39, 0.29) is 6.42 Å². The summed E-state index contributed by atoms with van der Waals surface area (Å²) in [5.74, 6) is -0.824. The van der Waals surface area contributed by atoms with E-state index in [4.69, 9.17) is 15.6 Å². The zero-order valence-electron chi connectivity index (χ0n) is 9.15. The van der Waals surface area contributed by atoms with E-state index in [2.05, 4.69) is 5.32 Å². The number of nitrogens with two attached hydrogens (primary N) is 1. The second kappa shape index (κ2) is 6.44. The Balaban J connectivity index is 1.97. The molecule has 1 atom stereocenters. The first-order chi connectivity index (χ1) is 7.59. The van der Waals surface area contributed by atoms with Crippen molar-refractivity contribution < 1.29 is 19.4 Å². The summed E-state index contributed by atoms with van der Waals surface area (Å²) in [6.45, 7) is 1.57. The molecule has 1 rings (SSSR count). The number of amides is 1. The van der Waals surface area contributed by atoms with Gasteiger partial charge in [-0.1, -0.05) is 0 Å². The Labute approximate surface area is 94.1 Å². The van der Waals surface area contributed by atoms with E-state index in [1.807, 2.05) is 0 Å². The van der Waals surface area contributed by atoms with Crippen LogP contribution >= 0.6 is 0 Å². The lowest BCUT2D eigenvalue weighted by molar-refractivity contribution is -0.139. The first-order valence-electron chi connectivity index (χ1n) is 5.42. The number of carbonyl (C=O) groups is 2. The Kier molecular flexibility index (Phi) is 5.21. The van der Waals surface area contributed by atoms with Crippen LogP contribution in [0.15, 0.2) is 0 Å². The molecule has 1 unspecified atom stereocenters. The lowest BCUT2D eigenvalue weighted by atomic mass is 10.2. The molecular weight excluding hydrogens is 212 g/mol. The molecule has 1 saturated carbocycles. The summed E-state index contributed by atoms with van der Waals surface area (Å²) in [4.78, 5) is 21.5. The molecular formula is C10H18N2O4. The monoisotopic (exact) mass is 230 g/mol. The predicted molar refractivity (Wildman–Crippen MR) is 56.8 cm³/mol. The maximum atomic E-state index is 11.2. The van der Waals surface area contributed by atoms with Gasteiger partial charge in [0, 0.05) is 13.2 Å². The summed E-state index contributed by atoms with van der Waals surface area (Å²) in [5, 5.41) is 11.0. The van der Waals surface area contributed by atoms with Gasteiger partial charge in [-0.05, 0) is 18.8 Å². The average Bonchev–Trinajstić information content (AvgIpc) is 2.99. The molecule has 0 heterocycles. The second-order valence-corrected chi connectivity index (χ2v) is 4.01. The summed E-state index contributed by atoms with van der Waals surface area (Å²) >= 11 is 0. The Bertz CT molecular complexity index is 253. The molecule has 0 aromatic carbocycles. The molecule has 6 heteroatoms. The first-order valence-corrected chi connectivity index (χ1v) is 5.42. The lowest BCUT2D eigenvalue weighted by Crippen LogP contribution is -2.43. The molecule has 0 spiro atoms. The van der Waals surface area contributed by atoms with Crippen molar-refractivity contribution >= 4 is 11.9 Å². The van der Waals surface area contributed by atoms with Crippen molar-refractivity contribution in [1.29, 1.82) is 0 Å². The molecule has 0 bridgehead atoms. The van der Waals surface area contributed by atoms with Crippen molar-refractivity contribution in [2.45, 2.75) is 25.3 Å². The van der Waals surface area contributed by atoms with Gasteiger partial charge in [0.25, 0.3) is 0 Å². The molecule has 16 heavy (non-hydrogen) atoms. The van der Waals surface area contributed by atoms with Crippen molar-refractivity contribution in [2.75, 3.05) is 19.8 Å². The fourth-order valence-corrected chi connectivity index (χ4v) is 1.19. The van der Waals surface area contributed by atoms with Gasteiger partial charge in [0.05, 0.1) is 19.1 Å². The molecule has 1 aliphatic rings. The number of rotatable bonds is 8. The zero-order chi connectivity index (χ0) is 12.0. The van der Waals surface area contributed by atoms with Gasteiger partial charge in [-0.2, -0.15) is 0 Å². The molecule has 0 aromatic rings. The number of hydrogen-bond acceptors (Lipinski definition) is 4. The topological polar surface area (TPSA) is 102 Å². The summed E-state index contributed by atoms with van der Waals surface area (Å²) in [6, 6.07) is -0.985. The van der Waals surface area contributed by atoms with E-state index in [0.717, 1.165) is 6.61 Å². The molecule has 0 radical (unpaired) electrons. The SMILES string of the molecule is NC(CC(=O)O)C(=O)NCCOCC1CC1. The highest BCUT2D eigenvalue weighted by Crippen LogP contribution is 2.28. The maximum absolute atomic E-state index is 11.2. The number of hydrogen-bond donors (Lipinski definition) is 3. The number of carboxylic acid groups (broad SMARTS) is 1. The first kappa shape index (κ1) is 12.9. The quantitative estimate of drug-likeness (QED) is 0.480. The van der Waals surface area contributed by atoms with Gasteiger partial charge in [0.1, 0.15) is 0 Å². The number of nitrogens with one attached hydrogen (secondary N) is 1. The summed E-state index contributed by atoms with van der Waals surface area (Å²) < 4.78 is 5.30. The summed E-state index contributed by atoms with van der Waals surface area (Å²) in [7, 11) is 0. The Hall–Kier alpha value is -1.14. The van der Waals surface area contributed by atoms with Crippen molar-refractivity contribution in [3.05, 3.63) is 0 Å². The minimum absolute atomic E-state index is 0.352. The fourth-order valence-electron chi connectivity index (χ4n) is 1.19. The van der Waals surface area contributed by atoms with Gasteiger partial charge >= 0.3 is 5.97 Å². The van der Waals surface area contributed by atoms with Crippen LogP contribution in [0, 0.1) is 5.92 Å². The number of ether oxygens (including phenoxy) is 1. The Morgan fingerprint density at radius 1 is 1.50 bits per heavy atom. The third-order valence-corrected chi connectivity index (χ3v) is 2.33. The van der Waals surface area contributed by atoms with Crippen LogP contribution in [0.1, 0.15) is 19.3 Å². The van der Waals surface area contributed by atoms with Crippen LogP contribution in [0.2, 0.25) is 0 Å². The van der Waals surface area contributed by atoms with Crippen molar-refractivity contribution in [3.8, 4) is 0 Å². The highest BCUT2D eigenvalue weighted by atomic mass is 16.5. The number of aliphatic carboxylic acids is 1. The molecule has 1 amide bonds. The van der Waals surface area contributed by atoms with E-state index < -0.39 is 17.9 Å². The van der Waals surface area contributed by atoms with Gasteiger partial charge < -0.3 is 20.9 Å². The maximum Gasteiger partial charge on any atom is 0.305 e. The normalized spacial score (nSPS) is 16.8. The predicted octanol–water partition coefficient (Wildman–Crippen LogP) is -0.669. The van der Waals surface area contributed by atoms with E-state index in [1.54, 1.807) is 0 Å². The molecule has 4 N–H and O–H groups in total. The molecule has 0 aromatic heterocycles. The highest BCUT2D eigenvalue weighted by Gasteiger charge is 2.21. The second-order valence-electron chi connectivity index (χ2n) is 4.01. The van der Waals surface area contributed by atoms with E-state index in [0.29, 0.717) is 19.1 Å². The molecule has 1 fully saturated rings. The fraction of sp³-hybridized carbons (Fsp3) is 0.800. The van der Waals surface area contributed by atoms with Gasteiger partial charge in [-0.15, -0.1) is 0 Å². The Morgan fingerprint density at radius 2 is 2.19 bits per heavy atom. The van der Waals surface area contributed by atoms with Crippen LogP contribution in [0.25, 0.3) is 0 Å². The molecule has 6 nitrogen and oxygen atoms in total. The van der Waals surface area contributed by atoms with Crippen LogP contribution in [-0.4, -0.2) is 42.8 Å². The standard InChI is InChI=1S/C10H18N2O4/c11-8(5-9(13)14)10(15)12-3-4-16-6-7-1-2-7/h7-8H,1-6,11H2,(H,12,15)(H,13,14). The molecule has 92 valence electrons. The van der Waals surface area contributed by atoms with Gasteiger partial charge in [0.2, 0.25) is 5.91 Å². The van der Waals surface area contributed by atoms with Crippen molar-refractivity contribution in [1.82, 2.24) is 5.32 Å². The van der Waals surface area contributed by atoms with Gasteiger partial charge in [0.15, 0.2) is 0 Å². The minimum Gasteiger partial charge on any atom is -0.481 e. The zero-order valence-corrected chi connectivity index (χ0v) is 9.15. The summed E-state index contributed by atoms with van der Waals surface area (Å²) in [5.41, 5.74) is 5.36. The van der Waals surface area contributed by atoms with Crippen LogP contribution in [0.5, 0.6) is 0 Å². The van der Waals surface area contributed by atoms with Crippen LogP contribution in [-0.2, 0) is 14.3 Å². The minimum atomic E-state index is -1.08.